The number of benzene rings is 1. The number of fused-ring (bicyclic) bond motifs is 1. The minimum Gasteiger partial charge on any atom is -0.480 e. The van der Waals surface area contributed by atoms with Gasteiger partial charge >= 0.3 is 5.97 Å². The van der Waals surface area contributed by atoms with Crippen LogP contribution >= 0.6 is 0 Å². The molecule has 104 valence electrons. The van der Waals surface area contributed by atoms with E-state index in [1.165, 1.54) is 0 Å². The van der Waals surface area contributed by atoms with Crippen LogP contribution < -0.4 is 5.32 Å². The zero-order chi connectivity index (χ0) is 14.1. The van der Waals surface area contributed by atoms with Crippen LogP contribution in [0.15, 0.2) is 24.3 Å². The molecule has 2 aromatic rings. The van der Waals surface area contributed by atoms with E-state index in [1.54, 1.807) is 0 Å². The number of carboxylic acid groups (broad SMARTS) is 1. The Hall–Kier alpha value is -2.37. The molecule has 3 N–H and O–H groups in total. The van der Waals surface area contributed by atoms with Gasteiger partial charge in [-0.15, -0.1) is 0 Å². The lowest BCUT2D eigenvalue weighted by Crippen LogP contribution is -2.43. The number of carboxylic acids is 1. The van der Waals surface area contributed by atoms with Crippen molar-refractivity contribution in [3.05, 3.63) is 30.0 Å². The number of hydrogen-bond acceptors (Lipinski definition) is 3. The molecule has 1 aromatic carbocycles. The first-order chi connectivity index (χ1) is 9.65. The van der Waals surface area contributed by atoms with Gasteiger partial charge in [0.15, 0.2) is 0 Å². The second kappa shape index (κ2) is 4.96. The molecule has 0 radical (unpaired) electrons. The monoisotopic (exact) mass is 273 g/mol. The number of amides is 1. The summed E-state index contributed by atoms with van der Waals surface area (Å²) in [6, 6.07) is 6.73. The molecule has 20 heavy (non-hydrogen) atoms. The van der Waals surface area contributed by atoms with Crippen molar-refractivity contribution in [3.63, 3.8) is 0 Å². The maximum atomic E-state index is 12.0. The van der Waals surface area contributed by atoms with Crippen LogP contribution in [0.5, 0.6) is 0 Å². The van der Waals surface area contributed by atoms with E-state index in [0.717, 1.165) is 23.7 Å². The average molecular weight is 273 g/mol. The van der Waals surface area contributed by atoms with Gasteiger partial charge in [-0.05, 0) is 24.8 Å². The molecule has 1 aromatic heterocycles. The third-order valence-corrected chi connectivity index (χ3v) is 3.55. The van der Waals surface area contributed by atoms with Crippen molar-refractivity contribution in [1.82, 2.24) is 15.5 Å². The molecule has 1 heterocycles. The summed E-state index contributed by atoms with van der Waals surface area (Å²) in [5.41, 5.74) is 1.50. The molecule has 1 amide bonds. The Labute approximate surface area is 115 Å². The maximum absolute atomic E-state index is 12.0. The third kappa shape index (κ3) is 2.49. The van der Waals surface area contributed by atoms with Crippen LogP contribution in [0.25, 0.3) is 10.9 Å². The second-order valence-electron chi connectivity index (χ2n) is 5.12. The minimum absolute atomic E-state index is 0.0787. The Morgan fingerprint density at radius 3 is 2.85 bits per heavy atom. The van der Waals surface area contributed by atoms with E-state index in [-0.39, 0.29) is 18.2 Å². The Bertz CT molecular complexity index is 660. The van der Waals surface area contributed by atoms with Gasteiger partial charge in [0, 0.05) is 5.39 Å². The zero-order valence-corrected chi connectivity index (χ0v) is 10.8. The first-order valence-corrected chi connectivity index (χ1v) is 6.59. The minimum atomic E-state index is -0.963. The van der Waals surface area contributed by atoms with Gasteiger partial charge < -0.3 is 10.4 Å². The smallest absolute Gasteiger partial charge is 0.326 e. The normalized spacial score (nSPS) is 16.0. The number of carbonyl (C=O) groups is 2. The molecular formula is C14H15N3O3. The summed E-state index contributed by atoms with van der Waals surface area (Å²) in [7, 11) is 0. The summed E-state index contributed by atoms with van der Waals surface area (Å²) in [6.45, 7) is 0. The molecule has 6 heteroatoms. The van der Waals surface area contributed by atoms with Gasteiger partial charge in [-0.2, -0.15) is 5.10 Å². The summed E-state index contributed by atoms with van der Waals surface area (Å²) in [4.78, 5) is 23.1. The molecular weight excluding hydrogens is 258 g/mol. The lowest BCUT2D eigenvalue weighted by atomic mass is 10.1. The van der Waals surface area contributed by atoms with Gasteiger partial charge in [0.05, 0.1) is 17.6 Å². The summed E-state index contributed by atoms with van der Waals surface area (Å²) >= 11 is 0. The molecule has 1 saturated carbocycles. The number of carbonyl (C=O) groups excluding carboxylic acids is 1. The van der Waals surface area contributed by atoms with Crippen LogP contribution in [0.1, 0.15) is 18.5 Å². The van der Waals surface area contributed by atoms with Crippen molar-refractivity contribution >= 4 is 22.8 Å². The van der Waals surface area contributed by atoms with E-state index in [9.17, 15) is 9.59 Å². The molecule has 0 spiro atoms. The Kier molecular flexibility index (Phi) is 3.14. The van der Waals surface area contributed by atoms with Crippen LogP contribution in [0.2, 0.25) is 0 Å². The van der Waals surface area contributed by atoms with Crippen molar-refractivity contribution in [1.29, 1.82) is 0 Å². The van der Waals surface area contributed by atoms with E-state index >= 15 is 0 Å². The lowest BCUT2D eigenvalue weighted by molar-refractivity contribution is -0.142. The molecule has 3 rings (SSSR count). The van der Waals surface area contributed by atoms with E-state index in [2.05, 4.69) is 15.5 Å². The Morgan fingerprint density at radius 2 is 2.15 bits per heavy atom. The van der Waals surface area contributed by atoms with Crippen LogP contribution in [-0.2, 0) is 16.0 Å². The molecule has 1 aliphatic carbocycles. The predicted molar refractivity (Wildman–Crippen MR) is 72.1 cm³/mol. The predicted octanol–water partition coefficient (Wildman–Crippen LogP) is 1.08. The molecule has 1 unspecified atom stereocenters. The number of aliphatic carboxylic acids is 1. The Morgan fingerprint density at radius 1 is 1.40 bits per heavy atom. The van der Waals surface area contributed by atoms with E-state index in [0.29, 0.717) is 5.69 Å². The first-order valence-electron chi connectivity index (χ1n) is 6.59. The number of H-pyrrole nitrogens is 1. The van der Waals surface area contributed by atoms with Crippen LogP contribution in [-0.4, -0.2) is 33.2 Å². The highest BCUT2D eigenvalue weighted by Gasteiger charge is 2.37. The topological polar surface area (TPSA) is 95.1 Å². The van der Waals surface area contributed by atoms with Crippen molar-refractivity contribution in [3.8, 4) is 0 Å². The van der Waals surface area contributed by atoms with E-state index in [1.807, 2.05) is 24.3 Å². The van der Waals surface area contributed by atoms with Gasteiger partial charge in [0.2, 0.25) is 5.91 Å². The van der Waals surface area contributed by atoms with Crippen molar-refractivity contribution in [2.75, 3.05) is 0 Å². The lowest BCUT2D eigenvalue weighted by Gasteiger charge is -2.13. The van der Waals surface area contributed by atoms with Crippen LogP contribution in [0.3, 0.4) is 0 Å². The number of aromatic amines is 1. The van der Waals surface area contributed by atoms with Crippen LogP contribution in [0.4, 0.5) is 0 Å². The molecule has 0 aliphatic heterocycles. The number of nitrogens with one attached hydrogen (secondary N) is 2. The third-order valence-electron chi connectivity index (χ3n) is 3.55. The number of aromatic nitrogens is 2. The highest BCUT2D eigenvalue weighted by Crippen LogP contribution is 2.32. The summed E-state index contributed by atoms with van der Waals surface area (Å²) in [6.07, 6.45) is 1.84. The number of nitrogens with zero attached hydrogens (tertiary/aromatic N) is 1. The number of hydrogen-bond donors (Lipinski definition) is 3. The van der Waals surface area contributed by atoms with Gasteiger partial charge in [-0.25, -0.2) is 4.79 Å². The maximum Gasteiger partial charge on any atom is 0.326 e. The van der Waals surface area contributed by atoms with Gasteiger partial charge in [0.25, 0.3) is 0 Å². The molecule has 0 bridgehead atoms. The largest absolute Gasteiger partial charge is 0.480 e. The van der Waals surface area contributed by atoms with Gasteiger partial charge in [-0.1, -0.05) is 18.2 Å². The average Bonchev–Trinajstić information content (AvgIpc) is 3.19. The van der Waals surface area contributed by atoms with E-state index in [4.69, 9.17) is 5.11 Å². The SMILES string of the molecule is O=C(Cc1[nH]nc2ccccc12)NC(C(=O)O)C1CC1. The highest BCUT2D eigenvalue weighted by molar-refractivity contribution is 5.89. The molecule has 1 atom stereocenters. The second-order valence-corrected chi connectivity index (χ2v) is 5.12. The number of para-hydroxylation sites is 1. The molecule has 1 aliphatic rings. The molecule has 6 nitrogen and oxygen atoms in total. The summed E-state index contributed by atoms with van der Waals surface area (Å²) in [5.74, 6) is -1.18. The molecule has 0 saturated heterocycles. The Balaban J connectivity index is 1.71. The quantitative estimate of drug-likeness (QED) is 0.759. The van der Waals surface area contributed by atoms with Crippen molar-refractivity contribution in [2.24, 2.45) is 5.92 Å². The summed E-state index contributed by atoms with van der Waals surface area (Å²) < 4.78 is 0. The van der Waals surface area contributed by atoms with E-state index < -0.39 is 12.0 Å². The highest BCUT2D eigenvalue weighted by atomic mass is 16.4. The van der Waals surface area contributed by atoms with Crippen molar-refractivity contribution < 1.29 is 14.7 Å². The van der Waals surface area contributed by atoms with Crippen LogP contribution in [0, 0.1) is 5.92 Å². The number of rotatable bonds is 5. The van der Waals surface area contributed by atoms with Gasteiger partial charge in [0.1, 0.15) is 6.04 Å². The van der Waals surface area contributed by atoms with Gasteiger partial charge in [-0.3, -0.25) is 9.89 Å². The fourth-order valence-electron chi connectivity index (χ4n) is 2.34. The fourth-order valence-corrected chi connectivity index (χ4v) is 2.34. The zero-order valence-electron chi connectivity index (χ0n) is 10.8. The fraction of sp³-hybridized carbons (Fsp3) is 0.357. The molecule has 1 fully saturated rings. The first kappa shape index (κ1) is 12.7. The summed E-state index contributed by atoms with van der Waals surface area (Å²) in [5, 5.41) is 19.5. The van der Waals surface area contributed by atoms with Crippen molar-refractivity contribution in [2.45, 2.75) is 25.3 Å². The standard InChI is InChI=1S/C14H15N3O3/c18-12(15-13(14(19)20)8-5-6-8)7-11-9-3-1-2-4-10(9)16-17-11/h1-4,8,13H,5-7H2,(H,15,18)(H,16,17)(H,19,20).